The van der Waals surface area contributed by atoms with E-state index in [1.54, 1.807) is 42.5 Å². The molecule has 1 aromatic heterocycles. The van der Waals surface area contributed by atoms with E-state index in [2.05, 4.69) is 0 Å². The number of pyridine rings is 1. The number of amides is 1. The van der Waals surface area contributed by atoms with E-state index in [4.69, 9.17) is 26.8 Å². The van der Waals surface area contributed by atoms with Gasteiger partial charge < -0.3 is 19.8 Å². The first-order valence-corrected chi connectivity index (χ1v) is 12.8. The largest absolute Gasteiger partial charge is 0.495 e. The third-order valence-electron chi connectivity index (χ3n) is 6.17. The van der Waals surface area contributed by atoms with Crippen molar-refractivity contribution < 1.29 is 23.9 Å². The highest BCUT2D eigenvalue weighted by molar-refractivity contribution is 6.31. The number of nitrogens with two attached hydrogens (primary N) is 1. The molecular weight excluding hydrogens is 520 g/mol. The Hall–Kier alpha value is -3.75. The number of halogens is 1. The Kier molecular flexibility index (Phi) is 9.48. The Morgan fingerprint density at radius 2 is 1.69 bits per heavy atom. The number of nitrogens with zero attached hydrogens (tertiary/aromatic N) is 1. The Labute approximate surface area is 232 Å². The van der Waals surface area contributed by atoms with Gasteiger partial charge in [-0.05, 0) is 75.6 Å². The first-order chi connectivity index (χ1) is 18.3. The smallest absolute Gasteiger partial charge is 0.252 e. The zero-order chi connectivity index (χ0) is 28.9. The van der Waals surface area contributed by atoms with Crippen LogP contribution in [-0.4, -0.2) is 41.4 Å². The Bertz CT molecular complexity index is 1440. The number of methoxy groups -OCH3 is 1. The highest BCUT2D eigenvalue weighted by Gasteiger charge is 2.25. The fraction of sp³-hybridized carbons (Fsp3) is 0.333. The third-order valence-corrected chi connectivity index (χ3v) is 6.40. The molecule has 0 saturated carbocycles. The molecule has 0 radical (unpaired) electrons. The lowest BCUT2D eigenvalue weighted by Crippen LogP contribution is -2.32. The zero-order valence-electron chi connectivity index (χ0n) is 22.7. The number of benzene rings is 2. The van der Waals surface area contributed by atoms with Gasteiger partial charge in [0.05, 0.1) is 24.9 Å². The minimum absolute atomic E-state index is 0.0263. The van der Waals surface area contributed by atoms with E-state index in [1.165, 1.54) is 30.9 Å². The van der Waals surface area contributed by atoms with E-state index >= 15 is 0 Å². The zero-order valence-corrected chi connectivity index (χ0v) is 23.5. The van der Waals surface area contributed by atoms with Gasteiger partial charge in [-0.15, -0.1) is 0 Å². The van der Waals surface area contributed by atoms with Crippen LogP contribution in [0.5, 0.6) is 5.75 Å². The van der Waals surface area contributed by atoms with Crippen LogP contribution in [0.1, 0.15) is 66.4 Å². The van der Waals surface area contributed by atoms with Crippen LogP contribution < -0.4 is 16.0 Å². The fourth-order valence-electron chi connectivity index (χ4n) is 4.23. The highest BCUT2D eigenvalue weighted by atomic mass is 35.5. The van der Waals surface area contributed by atoms with Crippen LogP contribution in [0.25, 0.3) is 11.1 Å². The molecule has 2 aromatic carbocycles. The normalized spacial score (nSPS) is 12.2. The first kappa shape index (κ1) is 29.8. The van der Waals surface area contributed by atoms with Gasteiger partial charge in [-0.1, -0.05) is 23.7 Å². The van der Waals surface area contributed by atoms with Gasteiger partial charge in [-0.3, -0.25) is 19.2 Å². The van der Waals surface area contributed by atoms with Crippen molar-refractivity contribution in [3.05, 3.63) is 86.8 Å². The second-order valence-corrected chi connectivity index (χ2v) is 10.7. The maximum Gasteiger partial charge on any atom is 0.252 e. The van der Waals surface area contributed by atoms with Gasteiger partial charge in [-0.25, -0.2) is 0 Å². The molecule has 2 N–H and O–H groups in total. The Morgan fingerprint density at radius 1 is 1.03 bits per heavy atom. The van der Waals surface area contributed by atoms with E-state index in [9.17, 15) is 19.2 Å². The molecule has 0 aliphatic rings. The molecule has 206 valence electrons. The van der Waals surface area contributed by atoms with Crippen molar-refractivity contribution in [2.45, 2.75) is 52.2 Å². The minimum atomic E-state index is -0.856. The topological polar surface area (TPSA) is 118 Å². The number of aromatic nitrogens is 1. The van der Waals surface area contributed by atoms with Gasteiger partial charge in [0.15, 0.2) is 11.6 Å². The molecule has 3 rings (SSSR count). The Balaban J connectivity index is 2.05. The summed E-state index contributed by atoms with van der Waals surface area (Å²) in [6.45, 7) is 7.39. The minimum Gasteiger partial charge on any atom is -0.495 e. The molecule has 0 bridgehead atoms. The molecule has 0 fully saturated rings. The molecule has 0 aliphatic carbocycles. The number of rotatable bonds is 11. The SMILES string of the molecule is COc1cn([C@@H](CCOC(C)(C)C)C(=O)Cc2ccc(C(N)=O)cc2)c(=O)cc1-c1cc(Cl)ccc1C(C)=O. The standard InChI is InChI=1S/C30H33ClN2O6/c1-18(34)22-11-10-21(31)15-23(22)24-16-28(36)33(17-27(24)38-5)25(12-13-39-30(2,3)4)26(35)14-19-6-8-20(9-7-19)29(32)37/h6-11,15-17,25H,12-14H2,1-5H3,(H2,32,37)/t25-/m0/s1. The van der Waals surface area contributed by atoms with Crippen LogP contribution in [0, 0.1) is 0 Å². The van der Waals surface area contributed by atoms with E-state index in [0.29, 0.717) is 38.6 Å². The molecule has 0 saturated heterocycles. The van der Waals surface area contributed by atoms with Crippen LogP contribution in [-0.2, 0) is 16.0 Å². The third kappa shape index (κ3) is 7.65. The average molecular weight is 553 g/mol. The first-order valence-electron chi connectivity index (χ1n) is 12.5. The molecular formula is C30H33ClN2O6. The van der Waals surface area contributed by atoms with E-state index in [0.717, 1.165) is 0 Å². The lowest BCUT2D eigenvalue weighted by atomic mass is 9.96. The molecule has 1 atom stereocenters. The van der Waals surface area contributed by atoms with Crippen molar-refractivity contribution in [3.8, 4) is 16.9 Å². The number of primary amides is 1. The van der Waals surface area contributed by atoms with Crippen molar-refractivity contribution in [1.82, 2.24) is 4.57 Å². The number of carbonyl (C=O) groups excluding carboxylic acids is 3. The number of hydrogen-bond donors (Lipinski definition) is 1. The summed E-state index contributed by atoms with van der Waals surface area (Å²) in [5.74, 6) is -0.665. The van der Waals surface area contributed by atoms with E-state index in [-0.39, 0.29) is 31.0 Å². The summed E-state index contributed by atoms with van der Waals surface area (Å²) < 4.78 is 12.8. The number of hydrogen-bond acceptors (Lipinski definition) is 6. The monoisotopic (exact) mass is 552 g/mol. The quantitative estimate of drug-likeness (QED) is 0.333. The summed E-state index contributed by atoms with van der Waals surface area (Å²) >= 11 is 6.21. The maximum atomic E-state index is 13.6. The number of Topliss-reactive ketones (excluding diaryl/α,β-unsaturated/α-hetero) is 2. The van der Waals surface area contributed by atoms with Crippen molar-refractivity contribution in [1.29, 1.82) is 0 Å². The van der Waals surface area contributed by atoms with Gasteiger partial charge in [0.1, 0.15) is 5.75 Å². The summed E-state index contributed by atoms with van der Waals surface area (Å²) in [4.78, 5) is 50.7. The summed E-state index contributed by atoms with van der Waals surface area (Å²) in [7, 11) is 1.45. The van der Waals surface area contributed by atoms with Gasteiger partial charge >= 0.3 is 0 Å². The molecule has 1 amide bonds. The van der Waals surface area contributed by atoms with Crippen molar-refractivity contribution in [2.75, 3.05) is 13.7 Å². The average Bonchev–Trinajstić information content (AvgIpc) is 2.86. The van der Waals surface area contributed by atoms with Crippen LogP contribution in [0.4, 0.5) is 0 Å². The molecule has 3 aromatic rings. The van der Waals surface area contributed by atoms with Crippen LogP contribution in [0.2, 0.25) is 5.02 Å². The summed E-state index contributed by atoms with van der Waals surface area (Å²) in [5.41, 5.74) is 6.70. The Morgan fingerprint density at radius 3 is 2.26 bits per heavy atom. The molecule has 8 nitrogen and oxygen atoms in total. The van der Waals surface area contributed by atoms with E-state index < -0.39 is 23.1 Å². The van der Waals surface area contributed by atoms with Crippen molar-refractivity contribution in [3.63, 3.8) is 0 Å². The van der Waals surface area contributed by atoms with Crippen LogP contribution in [0.15, 0.2) is 59.5 Å². The molecule has 0 unspecified atom stereocenters. The van der Waals surface area contributed by atoms with Crippen molar-refractivity contribution >= 4 is 29.1 Å². The highest BCUT2D eigenvalue weighted by Crippen LogP contribution is 2.34. The molecule has 1 heterocycles. The predicted molar refractivity (Wildman–Crippen MR) is 151 cm³/mol. The lowest BCUT2D eigenvalue weighted by molar-refractivity contribution is -0.122. The summed E-state index contributed by atoms with van der Waals surface area (Å²) in [5, 5.41) is 0.399. The van der Waals surface area contributed by atoms with Crippen molar-refractivity contribution in [2.24, 2.45) is 5.73 Å². The lowest BCUT2D eigenvalue weighted by Gasteiger charge is -2.24. The molecule has 0 aliphatic heterocycles. The summed E-state index contributed by atoms with van der Waals surface area (Å²) in [6, 6.07) is 11.8. The van der Waals surface area contributed by atoms with Crippen LogP contribution in [0.3, 0.4) is 0 Å². The second kappa shape index (κ2) is 12.4. The summed E-state index contributed by atoms with van der Waals surface area (Å²) in [6.07, 6.45) is 1.75. The number of ketones is 2. The van der Waals surface area contributed by atoms with Crippen LogP contribution >= 0.6 is 11.6 Å². The number of carbonyl (C=O) groups is 3. The van der Waals surface area contributed by atoms with Gasteiger partial charge in [0.25, 0.3) is 5.56 Å². The fourth-order valence-corrected chi connectivity index (χ4v) is 4.40. The molecule has 0 spiro atoms. The number of ether oxygens (including phenoxy) is 2. The molecule has 9 heteroatoms. The van der Waals surface area contributed by atoms with Gasteiger partial charge in [0, 0.05) is 40.8 Å². The maximum absolute atomic E-state index is 13.6. The molecule has 39 heavy (non-hydrogen) atoms. The predicted octanol–water partition coefficient (Wildman–Crippen LogP) is 5.04. The van der Waals surface area contributed by atoms with Gasteiger partial charge in [-0.2, -0.15) is 0 Å². The second-order valence-electron chi connectivity index (χ2n) is 10.2. The van der Waals surface area contributed by atoms with Gasteiger partial charge in [0.2, 0.25) is 5.91 Å². The van der Waals surface area contributed by atoms with E-state index in [1.807, 2.05) is 20.8 Å².